The lowest BCUT2D eigenvalue weighted by Gasteiger charge is -2.14. The molecule has 0 aliphatic rings. The molecule has 0 unspecified atom stereocenters. The van der Waals surface area contributed by atoms with Crippen molar-refractivity contribution in [3.8, 4) is 0 Å². The summed E-state index contributed by atoms with van der Waals surface area (Å²) >= 11 is 0. The van der Waals surface area contributed by atoms with Crippen LogP contribution in [0.15, 0.2) is 30.3 Å². The van der Waals surface area contributed by atoms with Crippen molar-refractivity contribution in [2.75, 3.05) is 6.61 Å². The minimum Gasteiger partial charge on any atom is -0.461 e. The van der Waals surface area contributed by atoms with Gasteiger partial charge in [-0.1, -0.05) is 30.3 Å². The second-order valence-corrected chi connectivity index (χ2v) is 6.61. The number of hydrogen-bond acceptors (Lipinski definition) is 3. The molecule has 5 heteroatoms. The lowest BCUT2D eigenvalue weighted by molar-refractivity contribution is 0.0514. The first-order chi connectivity index (χ1) is 12.4. The van der Waals surface area contributed by atoms with Crippen LogP contribution in [0.1, 0.15) is 57.9 Å². The Kier molecular flexibility index (Phi) is 6.61. The number of esters is 1. The number of benzene rings is 1. The Hall–Kier alpha value is -2.56. The van der Waals surface area contributed by atoms with E-state index in [4.69, 9.17) is 4.74 Å². The summed E-state index contributed by atoms with van der Waals surface area (Å²) in [6.07, 6.45) is 1.76. The number of nitrogens with one attached hydrogen (secondary N) is 1. The number of rotatable bonds is 7. The summed E-state index contributed by atoms with van der Waals surface area (Å²) in [4.78, 5) is 25.0. The van der Waals surface area contributed by atoms with E-state index >= 15 is 0 Å². The topological polar surface area (TPSA) is 60.3 Å². The number of hydrogen-bond donors (Lipinski definition) is 1. The molecule has 0 spiro atoms. The number of nitrogens with zero attached hydrogens (tertiary/aromatic N) is 1. The maximum Gasteiger partial charge on any atom is 0.355 e. The Labute approximate surface area is 155 Å². The zero-order valence-corrected chi connectivity index (χ0v) is 16.3. The molecule has 5 nitrogen and oxygen atoms in total. The molecule has 0 radical (unpaired) electrons. The van der Waals surface area contributed by atoms with Crippen LogP contribution in [0, 0.1) is 13.8 Å². The Morgan fingerprint density at radius 1 is 1.19 bits per heavy atom. The van der Waals surface area contributed by atoms with E-state index in [-0.39, 0.29) is 11.9 Å². The van der Waals surface area contributed by atoms with Crippen LogP contribution >= 0.6 is 0 Å². The van der Waals surface area contributed by atoms with Gasteiger partial charge in [-0.3, -0.25) is 4.79 Å². The number of aryl methyl sites for hydroxylation is 1. The minimum absolute atomic E-state index is 0.0350. The predicted molar refractivity (Wildman–Crippen MR) is 103 cm³/mol. The molecule has 0 aliphatic heterocycles. The smallest absolute Gasteiger partial charge is 0.355 e. The van der Waals surface area contributed by atoms with Gasteiger partial charge in [0.25, 0.3) is 5.91 Å². The summed E-state index contributed by atoms with van der Waals surface area (Å²) < 4.78 is 6.85. The van der Waals surface area contributed by atoms with Crippen molar-refractivity contribution in [3.05, 3.63) is 58.4 Å². The molecule has 1 aromatic carbocycles. The largest absolute Gasteiger partial charge is 0.461 e. The van der Waals surface area contributed by atoms with Gasteiger partial charge in [-0.05, 0) is 51.7 Å². The summed E-state index contributed by atoms with van der Waals surface area (Å²) in [6.45, 7) is 7.72. The average Bonchev–Trinajstić information content (AvgIpc) is 2.83. The van der Waals surface area contributed by atoms with Crippen LogP contribution in [0.4, 0.5) is 0 Å². The van der Waals surface area contributed by atoms with Crippen molar-refractivity contribution in [1.29, 1.82) is 0 Å². The van der Waals surface area contributed by atoms with Crippen molar-refractivity contribution >= 4 is 11.9 Å². The third kappa shape index (κ3) is 4.34. The quantitative estimate of drug-likeness (QED) is 0.772. The second-order valence-electron chi connectivity index (χ2n) is 6.61. The molecule has 1 atom stereocenters. The van der Waals surface area contributed by atoms with Crippen molar-refractivity contribution in [2.45, 2.75) is 46.6 Å². The molecular weight excluding hydrogens is 328 g/mol. The van der Waals surface area contributed by atoms with Gasteiger partial charge in [0, 0.05) is 18.8 Å². The van der Waals surface area contributed by atoms with Gasteiger partial charge >= 0.3 is 5.97 Å². The Morgan fingerprint density at radius 3 is 2.46 bits per heavy atom. The maximum atomic E-state index is 12.8. The molecule has 1 heterocycles. The molecule has 1 N–H and O–H groups in total. The first-order valence-corrected chi connectivity index (χ1v) is 9.04. The van der Waals surface area contributed by atoms with Gasteiger partial charge in [0.1, 0.15) is 5.69 Å². The number of ether oxygens (including phenoxy) is 1. The summed E-state index contributed by atoms with van der Waals surface area (Å²) in [5.41, 5.74) is 3.67. The molecule has 1 amide bonds. The second kappa shape index (κ2) is 8.70. The standard InChI is InChI=1S/C21H28N2O3/c1-6-26-21(25)19-15(3)18(16(4)23(19)5)20(24)22-14(2)12-13-17-10-8-7-9-11-17/h7-11,14H,6,12-13H2,1-5H3,(H,22,24)/t14-/m1/s1. The number of carbonyl (C=O) groups is 2. The fourth-order valence-electron chi connectivity index (χ4n) is 3.20. The zero-order chi connectivity index (χ0) is 19.3. The van der Waals surface area contributed by atoms with Crippen LogP contribution in [-0.2, 0) is 18.2 Å². The highest BCUT2D eigenvalue weighted by molar-refractivity contribution is 6.01. The van der Waals surface area contributed by atoms with Crippen LogP contribution in [0.3, 0.4) is 0 Å². The predicted octanol–water partition coefficient (Wildman–Crippen LogP) is 3.57. The first kappa shape index (κ1) is 19.8. The number of aromatic nitrogens is 1. The summed E-state index contributed by atoms with van der Waals surface area (Å²) in [6, 6.07) is 10.2. The number of amides is 1. The normalized spacial score (nSPS) is 11.9. The van der Waals surface area contributed by atoms with Gasteiger partial charge in [0.15, 0.2) is 0 Å². The highest BCUT2D eigenvalue weighted by atomic mass is 16.5. The lowest BCUT2D eigenvalue weighted by Crippen LogP contribution is -2.33. The molecular formula is C21H28N2O3. The monoisotopic (exact) mass is 356 g/mol. The first-order valence-electron chi connectivity index (χ1n) is 9.04. The third-order valence-corrected chi connectivity index (χ3v) is 4.71. The third-order valence-electron chi connectivity index (χ3n) is 4.71. The van der Waals surface area contributed by atoms with Crippen molar-refractivity contribution in [1.82, 2.24) is 9.88 Å². The van der Waals surface area contributed by atoms with E-state index in [9.17, 15) is 9.59 Å². The van der Waals surface area contributed by atoms with E-state index in [1.54, 1.807) is 25.5 Å². The highest BCUT2D eigenvalue weighted by Gasteiger charge is 2.26. The maximum absolute atomic E-state index is 12.8. The van der Waals surface area contributed by atoms with E-state index < -0.39 is 5.97 Å². The molecule has 2 rings (SSSR count). The van der Waals surface area contributed by atoms with Crippen LogP contribution in [0.2, 0.25) is 0 Å². The Balaban J connectivity index is 2.09. The SMILES string of the molecule is CCOC(=O)c1c(C)c(C(=O)N[C@H](C)CCc2ccccc2)c(C)n1C. The van der Waals surface area contributed by atoms with Gasteiger partial charge in [-0.2, -0.15) is 0 Å². The molecule has 1 aromatic heterocycles. The van der Waals surface area contributed by atoms with Gasteiger partial charge in [0.05, 0.1) is 12.2 Å². The van der Waals surface area contributed by atoms with Crippen LogP contribution in [0.25, 0.3) is 0 Å². The lowest BCUT2D eigenvalue weighted by atomic mass is 10.0. The molecule has 2 aromatic rings. The van der Waals surface area contributed by atoms with Crippen LogP contribution in [-0.4, -0.2) is 29.1 Å². The zero-order valence-electron chi connectivity index (χ0n) is 16.3. The Morgan fingerprint density at radius 2 is 1.85 bits per heavy atom. The molecule has 0 saturated carbocycles. The van der Waals surface area contributed by atoms with Crippen molar-refractivity contribution < 1.29 is 14.3 Å². The van der Waals surface area contributed by atoms with Gasteiger partial charge < -0.3 is 14.6 Å². The molecule has 0 aliphatic carbocycles. The fraction of sp³-hybridized carbons (Fsp3) is 0.429. The molecule has 26 heavy (non-hydrogen) atoms. The van der Waals surface area contributed by atoms with E-state index in [1.165, 1.54) is 5.56 Å². The van der Waals surface area contributed by atoms with Gasteiger partial charge in [-0.25, -0.2) is 4.79 Å². The van der Waals surface area contributed by atoms with Crippen LogP contribution < -0.4 is 5.32 Å². The van der Waals surface area contributed by atoms with E-state index in [0.717, 1.165) is 18.5 Å². The van der Waals surface area contributed by atoms with Gasteiger partial charge in [-0.15, -0.1) is 0 Å². The average molecular weight is 356 g/mol. The van der Waals surface area contributed by atoms with E-state index in [2.05, 4.69) is 17.4 Å². The molecule has 140 valence electrons. The minimum atomic E-state index is -0.397. The summed E-state index contributed by atoms with van der Waals surface area (Å²) in [5.74, 6) is -0.543. The molecule has 0 bridgehead atoms. The van der Waals surface area contributed by atoms with E-state index in [1.807, 2.05) is 32.0 Å². The van der Waals surface area contributed by atoms with E-state index in [0.29, 0.717) is 23.4 Å². The highest BCUT2D eigenvalue weighted by Crippen LogP contribution is 2.22. The fourth-order valence-corrected chi connectivity index (χ4v) is 3.20. The van der Waals surface area contributed by atoms with Crippen LogP contribution in [0.5, 0.6) is 0 Å². The van der Waals surface area contributed by atoms with Crippen molar-refractivity contribution in [2.24, 2.45) is 7.05 Å². The Bertz CT molecular complexity index is 778. The molecule has 0 fully saturated rings. The van der Waals surface area contributed by atoms with Gasteiger partial charge in [0.2, 0.25) is 0 Å². The summed E-state index contributed by atoms with van der Waals surface area (Å²) in [5, 5.41) is 3.06. The molecule has 0 saturated heterocycles. The van der Waals surface area contributed by atoms with Crippen molar-refractivity contribution in [3.63, 3.8) is 0 Å². The number of carbonyl (C=O) groups excluding carboxylic acids is 2. The summed E-state index contributed by atoms with van der Waals surface area (Å²) in [7, 11) is 1.78.